The van der Waals surface area contributed by atoms with Gasteiger partial charge in [-0.3, -0.25) is 9.59 Å². The molecule has 0 aromatic heterocycles. The topological polar surface area (TPSA) is 46.2 Å². The molecule has 136 valence electrons. The fourth-order valence-corrected chi connectivity index (χ4v) is 4.56. The summed E-state index contributed by atoms with van der Waals surface area (Å²) in [5.74, 6) is -0.401. The van der Waals surface area contributed by atoms with E-state index in [0.29, 0.717) is 12.8 Å². The Balaban J connectivity index is 1.95. The molecule has 2 atom stereocenters. The summed E-state index contributed by atoms with van der Waals surface area (Å²) in [6.07, 6.45) is -3.29. The lowest BCUT2D eigenvalue weighted by atomic mass is 9.64. The fourth-order valence-electron chi connectivity index (χ4n) is 4.40. The van der Waals surface area contributed by atoms with Crippen molar-refractivity contribution in [2.24, 2.45) is 16.2 Å². The SMILES string of the molecule is CC1(C)[C@@]2(C(=O)Nc3cc(C(F)(F)F)ccc3Cl)CC[C@@]1(C)C(=O)C2. The highest BCUT2D eigenvalue weighted by molar-refractivity contribution is 6.33. The van der Waals surface area contributed by atoms with Crippen molar-refractivity contribution in [2.45, 2.75) is 46.2 Å². The van der Waals surface area contributed by atoms with Crippen molar-refractivity contribution >= 4 is 29.0 Å². The van der Waals surface area contributed by atoms with Crippen LogP contribution in [0.1, 0.15) is 45.6 Å². The maximum atomic E-state index is 13.0. The van der Waals surface area contributed by atoms with Crippen molar-refractivity contribution in [3.63, 3.8) is 0 Å². The van der Waals surface area contributed by atoms with Gasteiger partial charge in [-0.2, -0.15) is 13.2 Å². The number of halogens is 4. The summed E-state index contributed by atoms with van der Waals surface area (Å²) in [5.41, 5.74) is -3.05. The average molecular weight is 374 g/mol. The second-order valence-electron chi connectivity index (χ2n) is 7.79. The number of rotatable bonds is 2. The zero-order valence-corrected chi connectivity index (χ0v) is 14.9. The molecule has 1 N–H and O–H groups in total. The predicted octanol–water partition coefficient (Wildman–Crippen LogP) is 5.08. The Kier molecular flexibility index (Phi) is 3.81. The number of carbonyl (C=O) groups is 2. The summed E-state index contributed by atoms with van der Waals surface area (Å²) in [6, 6.07) is 2.81. The Morgan fingerprint density at radius 1 is 1.20 bits per heavy atom. The van der Waals surface area contributed by atoms with E-state index < -0.39 is 33.9 Å². The molecule has 0 heterocycles. The van der Waals surface area contributed by atoms with Gasteiger partial charge in [0.05, 0.1) is 21.7 Å². The monoisotopic (exact) mass is 373 g/mol. The maximum Gasteiger partial charge on any atom is 0.416 e. The molecule has 1 amide bonds. The van der Waals surface area contributed by atoms with Crippen LogP contribution in [-0.4, -0.2) is 11.7 Å². The summed E-state index contributed by atoms with van der Waals surface area (Å²) < 4.78 is 38.7. The first-order valence-electron chi connectivity index (χ1n) is 8.07. The van der Waals surface area contributed by atoms with Crippen LogP contribution in [0.25, 0.3) is 0 Å². The van der Waals surface area contributed by atoms with Gasteiger partial charge in [0.2, 0.25) is 5.91 Å². The lowest BCUT2D eigenvalue weighted by molar-refractivity contribution is -0.137. The minimum Gasteiger partial charge on any atom is -0.324 e. The molecule has 0 aliphatic heterocycles. The van der Waals surface area contributed by atoms with Gasteiger partial charge in [-0.1, -0.05) is 32.4 Å². The first kappa shape index (κ1) is 18.2. The van der Waals surface area contributed by atoms with Crippen LogP contribution in [-0.2, 0) is 15.8 Å². The van der Waals surface area contributed by atoms with Gasteiger partial charge >= 0.3 is 6.18 Å². The van der Waals surface area contributed by atoms with Gasteiger partial charge in [-0.05, 0) is 36.5 Å². The summed E-state index contributed by atoms with van der Waals surface area (Å²) in [5, 5.41) is 2.58. The predicted molar refractivity (Wildman–Crippen MR) is 88.3 cm³/mol. The first-order valence-corrected chi connectivity index (χ1v) is 8.44. The van der Waals surface area contributed by atoms with E-state index in [4.69, 9.17) is 11.6 Å². The molecular weight excluding hydrogens is 355 g/mol. The minimum absolute atomic E-state index is 0.0284. The number of anilines is 1. The van der Waals surface area contributed by atoms with Crippen LogP contribution in [0.3, 0.4) is 0 Å². The molecule has 2 bridgehead atoms. The van der Waals surface area contributed by atoms with Gasteiger partial charge in [-0.25, -0.2) is 0 Å². The van der Waals surface area contributed by atoms with Crippen LogP contribution in [0, 0.1) is 16.2 Å². The van der Waals surface area contributed by atoms with E-state index >= 15 is 0 Å². The highest BCUT2D eigenvalue weighted by atomic mass is 35.5. The van der Waals surface area contributed by atoms with Crippen molar-refractivity contribution in [1.82, 2.24) is 0 Å². The Labute approximate surface area is 148 Å². The van der Waals surface area contributed by atoms with Gasteiger partial charge in [-0.15, -0.1) is 0 Å². The molecule has 0 saturated heterocycles. The quantitative estimate of drug-likeness (QED) is 0.785. The molecule has 2 saturated carbocycles. The number of nitrogens with one attached hydrogen (secondary N) is 1. The number of amides is 1. The number of hydrogen-bond donors (Lipinski definition) is 1. The van der Waals surface area contributed by atoms with Crippen LogP contribution >= 0.6 is 11.6 Å². The third-order valence-electron chi connectivity index (χ3n) is 6.68. The number of ketones is 1. The zero-order valence-electron chi connectivity index (χ0n) is 14.2. The molecule has 3 rings (SSSR count). The molecule has 0 unspecified atom stereocenters. The largest absolute Gasteiger partial charge is 0.416 e. The molecule has 0 spiro atoms. The third kappa shape index (κ3) is 2.33. The van der Waals surface area contributed by atoms with Crippen molar-refractivity contribution in [1.29, 1.82) is 0 Å². The number of fused-ring (bicyclic) bond motifs is 2. The summed E-state index contributed by atoms with van der Waals surface area (Å²) in [7, 11) is 0. The van der Waals surface area contributed by atoms with Crippen LogP contribution in [0.2, 0.25) is 5.02 Å². The van der Waals surface area contributed by atoms with Gasteiger partial charge in [0.1, 0.15) is 5.78 Å². The maximum absolute atomic E-state index is 13.0. The van der Waals surface area contributed by atoms with Gasteiger partial charge in [0.15, 0.2) is 0 Å². The van der Waals surface area contributed by atoms with Crippen LogP contribution < -0.4 is 5.32 Å². The highest BCUT2D eigenvalue weighted by Crippen LogP contribution is 2.70. The van der Waals surface area contributed by atoms with E-state index in [9.17, 15) is 22.8 Å². The lowest BCUT2D eigenvalue weighted by Crippen LogP contribution is -2.43. The Bertz CT molecular complexity index is 774. The van der Waals surface area contributed by atoms with Crippen molar-refractivity contribution in [3.8, 4) is 0 Å². The van der Waals surface area contributed by atoms with Crippen LogP contribution in [0.5, 0.6) is 0 Å². The number of benzene rings is 1. The fraction of sp³-hybridized carbons (Fsp3) is 0.556. The molecule has 0 radical (unpaired) electrons. The van der Waals surface area contributed by atoms with E-state index in [-0.39, 0.29) is 22.9 Å². The molecule has 2 fully saturated rings. The van der Waals surface area contributed by atoms with E-state index in [2.05, 4.69) is 5.32 Å². The Hall–Kier alpha value is -1.56. The Morgan fingerprint density at radius 2 is 1.84 bits per heavy atom. The second-order valence-corrected chi connectivity index (χ2v) is 8.19. The second kappa shape index (κ2) is 5.22. The van der Waals surface area contributed by atoms with Crippen LogP contribution in [0.15, 0.2) is 18.2 Å². The lowest BCUT2D eigenvalue weighted by Gasteiger charge is -2.38. The number of alkyl halides is 3. The third-order valence-corrected chi connectivity index (χ3v) is 7.01. The number of carbonyl (C=O) groups excluding carboxylic acids is 2. The van der Waals surface area contributed by atoms with Crippen molar-refractivity contribution in [3.05, 3.63) is 28.8 Å². The molecule has 1 aromatic carbocycles. The molecule has 7 heteroatoms. The van der Waals surface area contributed by atoms with E-state index in [1.54, 1.807) is 0 Å². The normalized spacial score (nSPS) is 30.6. The molecule has 1 aromatic rings. The van der Waals surface area contributed by atoms with Crippen LogP contribution in [0.4, 0.5) is 18.9 Å². The van der Waals surface area contributed by atoms with E-state index in [1.165, 1.54) is 0 Å². The average Bonchev–Trinajstić information content (AvgIpc) is 2.78. The van der Waals surface area contributed by atoms with Gasteiger partial charge < -0.3 is 5.32 Å². The van der Waals surface area contributed by atoms with E-state index in [1.807, 2.05) is 20.8 Å². The number of Topliss-reactive ketones (excluding diaryl/α,β-unsaturated/α-hetero) is 1. The van der Waals surface area contributed by atoms with Crippen molar-refractivity contribution in [2.75, 3.05) is 5.32 Å². The highest BCUT2D eigenvalue weighted by Gasteiger charge is 2.72. The molecular formula is C18H19ClF3NO2. The van der Waals surface area contributed by atoms with Crippen molar-refractivity contribution < 1.29 is 22.8 Å². The van der Waals surface area contributed by atoms with Gasteiger partial charge in [0, 0.05) is 11.8 Å². The summed E-state index contributed by atoms with van der Waals surface area (Å²) >= 11 is 5.97. The molecule has 3 nitrogen and oxygen atoms in total. The zero-order chi connectivity index (χ0) is 18.8. The first-order chi connectivity index (χ1) is 11.3. The molecule has 2 aliphatic rings. The molecule has 25 heavy (non-hydrogen) atoms. The molecule has 2 aliphatic carbocycles. The standard InChI is InChI=1S/C18H19ClF3NO2/c1-15(2)16(3)6-7-17(15,9-13(16)24)14(25)23-12-8-10(18(20,21)22)4-5-11(12)19/h4-5,8H,6-7,9H2,1-3H3,(H,23,25)/t16-,17-/m0/s1. The minimum atomic E-state index is -4.53. The Morgan fingerprint density at radius 3 is 2.32 bits per heavy atom. The van der Waals surface area contributed by atoms with Gasteiger partial charge in [0.25, 0.3) is 0 Å². The summed E-state index contributed by atoms with van der Waals surface area (Å²) in [4.78, 5) is 25.4. The smallest absolute Gasteiger partial charge is 0.324 e. The number of hydrogen-bond acceptors (Lipinski definition) is 2. The summed E-state index contributed by atoms with van der Waals surface area (Å²) in [6.45, 7) is 5.64. The van der Waals surface area contributed by atoms with E-state index in [0.717, 1.165) is 18.2 Å².